The Morgan fingerprint density at radius 1 is 1.33 bits per heavy atom. The SMILES string of the molecule is C=C(NCCCC)c1cccc(CC)c1. The fraction of sp³-hybridized carbons (Fsp3) is 0.429. The van der Waals surface area contributed by atoms with Crippen LogP contribution >= 0.6 is 0 Å². The first-order chi connectivity index (χ1) is 7.27. The van der Waals surface area contributed by atoms with Crippen molar-refractivity contribution in [2.45, 2.75) is 33.1 Å². The third-order valence-electron chi connectivity index (χ3n) is 2.55. The van der Waals surface area contributed by atoms with Gasteiger partial charge < -0.3 is 5.32 Å². The summed E-state index contributed by atoms with van der Waals surface area (Å²) in [5.41, 5.74) is 3.62. The van der Waals surface area contributed by atoms with E-state index in [1.807, 2.05) is 0 Å². The Kier molecular flexibility index (Phi) is 4.96. The second kappa shape index (κ2) is 6.28. The molecule has 0 spiro atoms. The van der Waals surface area contributed by atoms with Crippen LogP contribution in [0.15, 0.2) is 30.8 Å². The number of hydrogen-bond donors (Lipinski definition) is 1. The zero-order chi connectivity index (χ0) is 11.1. The lowest BCUT2D eigenvalue weighted by Gasteiger charge is -2.10. The summed E-state index contributed by atoms with van der Waals surface area (Å²) in [6, 6.07) is 8.57. The van der Waals surface area contributed by atoms with Gasteiger partial charge in [-0.1, -0.05) is 45.0 Å². The van der Waals surface area contributed by atoms with Gasteiger partial charge in [-0.2, -0.15) is 0 Å². The maximum atomic E-state index is 4.06. The van der Waals surface area contributed by atoms with Gasteiger partial charge in [-0.05, 0) is 30.0 Å². The topological polar surface area (TPSA) is 12.0 Å². The van der Waals surface area contributed by atoms with E-state index in [1.165, 1.54) is 24.0 Å². The zero-order valence-corrected chi connectivity index (χ0v) is 9.84. The highest BCUT2D eigenvalue weighted by atomic mass is 14.9. The highest BCUT2D eigenvalue weighted by Crippen LogP contribution is 2.12. The van der Waals surface area contributed by atoms with Crippen LogP contribution in [0.25, 0.3) is 5.70 Å². The van der Waals surface area contributed by atoms with E-state index in [0.29, 0.717) is 0 Å². The van der Waals surface area contributed by atoms with Crippen molar-refractivity contribution in [1.29, 1.82) is 0 Å². The van der Waals surface area contributed by atoms with E-state index in [9.17, 15) is 0 Å². The number of hydrogen-bond acceptors (Lipinski definition) is 1. The minimum Gasteiger partial charge on any atom is -0.385 e. The summed E-state index contributed by atoms with van der Waals surface area (Å²) in [7, 11) is 0. The Morgan fingerprint density at radius 2 is 2.13 bits per heavy atom. The molecule has 0 bridgehead atoms. The normalized spacial score (nSPS) is 10.0. The molecule has 0 saturated carbocycles. The largest absolute Gasteiger partial charge is 0.385 e. The van der Waals surface area contributed by atoms with Gasteiger partial charge in [-0.15, -0.1) is 0 Å². The van der Waals surface area contributed by atoms with Crippen LogP contribution in [-0.2, 0) is 6.42 Å². The molecule has 0 fully saturated rings. The van der Waals surface area contributed by atoms with Crippen LogP contribution in [0.3, 0.4) is 0 Å². The molecule has 0 aliphatic heterocycles. The highest BCUT2D eigenvalue weighted by Gasteiger charge is 1.98. The van der Waals surface area contributed by atoms with Crippen LogP contribution in [0.1, 0.15) is 37.8 Å². The Hall–Kier alpha value is -1.24. The highest BCUT2D eigenvalue weighted by molar-refractivity contribution is 5.62. The van der Waals surface area contributed by atoms with Crippen LogP contribution in [-0.4, -0.2) is 6.54 Å². The Balaban J connectivity index is 2.57. The summed E-state index contributed by atoms with van der Waals surface area (Å²) in [5.74, 6) is 0. The summed E-state index contributed by atoms with van der Waals surface area (Å²) in [6.45, 7) is 9.45. The van der Waals surface area contributed by atoms with E-state index < -0.39 is 0 Å². The lowest BCUT2D eigenvalue weighted by molar-refractivity contribution is 0.745. The predicted octanol–water partition coefficient (Wildman–Crippen LogP) is 3.61. The number of rotatable bonds is 6. The van der Waals surface area contributed by atoms with Crippen LogP contribution in [0, 0.1) is 0 Å². The monoisotopic (exact) mass is 203 g/mol. The van der Waals surface area contributed by atoms with Crippen LogP contribution in [0.4, 0.5) is 0 Å². The molecule has 0 aliphatic rings. The van der Waals surface area contributed by atoms with Crippen molar-refractivity contribution in [1.82, 2.24) is 5.32 Å². The summed E-state index contributed by atoms with van der Waals surface area (Å²) in [4.78, 5) is 0. The molecule has 1 N–H and O–H groups in total. The lowest BCUT2D eigenvalue weighted by Crippen LogP contribution is -2.12. The molecular weight excluding hydrogens is 182 g/mol. The molecule has 0 aliphatic carbocycles. The maximum absolute atomic E-state index is 4.06. The molecule has 0 saturated heterocycles. The van der Waals surface area contributed by atoms with Crippen molar-refractivity contribution in [3.8, 4) is 0 Å². The summed E-state index contributed by atoms with van der Waals surface area (Å²) < 4.78 is 0. The van der Waals surface area contributed by atoms with Crippen molar-refractivity contribution in [3.05, 3.63) is 42.0 Å². The average molecular weight is 203 g/mol. The maximum Gasteiger partial charge on any atom is 0.0340 e. The van der Waals surface area contributed by atoms with Gasteiger partial charge in [0.2, 0.25) is 0 Å². The Labute approximate surface area is 93.2 Å². The van der Waals surface area contributed by atoms with E-state index in [4.69, 9.17) is 0 Å². The van der Waals surface area contributed by atoms with Crippen molar-refractivity contribution < 1.29 is 0 Å². The fourth-order valence-electron chi connectivity index (χ4n) is 1.50. The Bertz CT molecular complexity index is 315. The minimum atomic E-state index is 1.02. The van der Waals surface area contributed by atoms with Gasteiger partial charge in [0.15, 0.2) is 0 Å². The van der Waals surface area contributed by atoms with Gasteiger partial charge >= 0.3 is 0 Å². The zero-order valence-electron chi connectivity index (χ0n) is 9.84. The molecular formula is C14H21N. The minimum absolute atomic E-state index is 1.02. The van der Waals surface area contributed by atoms with Crippen LogP contribution in [0.5, 0.6) is 0 Å². The lowest BCUT2D eigenvalue weighted by atomic mass is 10.1. The first-order valence-electron chi connectivity index (χ1n) is 5.80. The third kappa shape index (κ3) is 3.78. The van der Waals surface area contributed by atoms with E-state index >= 15 is 0 Å². The van der Waals surface area contributed by atoms with Gasteiger partial charge in [0.1, 0.15) is 0 Å². The standard InChI is InChI=1S/C14H21N/c1-4-6-10-15-12(3)14-9-7-8-13(5-2)11-14/h7-9,11,15H,3-6,10H2,1-2H3. The van der Waals surface area contributed by atoms with Crippen molar-refractivity contribution in [2.24, 2.45) is 0 Å². The molecule has 1 aromatic carbocycles. The molecule has 1 heteroatoms. The number of aryl methyl sites for hydroxylation is 1. The number of nitrogens with one attached hydrogen (secondary N) is 1. The second-order valence-corrected chi connectivity index (χ2v) is 3.81. The third-order valence-corrected chi connectivity index (χ3v) is 2.55. The Morgan fingerprint density at radius 3 is 2.80 bits per heavy atom. The molecule has 0 radical (unpaired) electrons. The molecule has 1 aromatic rings. The van der Waals surface area contributed by atoms with Gasteiger partial charge in [0.05, 0.1) is 0 Å². The molecule has 0 unspecified atom stereocenters. The first-order valence-corrected chi connectivity index (χ1v) is 5.80. The van der Waals surface area contributed by atoms with E-state index in [2.05, 4.69) is 50.0 Å². The molecule has 15 heavy (non-hydrogen) atoms. The average Bonchev–Trinajstić information content (AvgIpc) is 2.29. The van der Waals surface area contributed by atoms with Crippen molar-refractivity contribution >= 4 is 5.70 Å². The van der Waals surface area contributed by atoms with Gasteiger partial charge in [-0.25, -0.2) is 0 Å². The summed E-state index contributed by atoms with van der Waals surface area (Å²) >= 11 is 0. The molecule has 1 rings (SSSR count). The van der Waals surface area contributed by atoms with Crippen molar-refractivity contribution in [2.75, 3.05) is 6.54 Å². The molecule has 82 valence electrons. The van der Waals surface area contributed by atoms with E-state index in [-0.39, 0.29) is 0 Å². The fourth-order valence-corrected chi connectivity index (χ4v) is 1.50. The van der Waals surface area contributed by atoms with Gasteiger partial charge in [0.25, 0.3) is 0 Å². The molecule has 1 nitrogen and oxygen atoms in total. The van der Waals surface area contributed by atoms with Gasteiger partial charge in [-0.3, -0.25) is 0 Å². The van der Waals surface area contributed by atoms with E-state index in [1.54, 1.807) is 0 Å². The van der Waals surface area contributed by atoms with Crippen LogP contribution < -0.4 is 5.32 Å². The molecule has 0 amide bonds. The summed E-state index contributed by atoms with van der Waals surface area (Å²) in [6.07, 6.45) is 3.50. The van der Waals surface area contributed by atoms with E-state index in [0.717, 1.165) is 18.7 Å². The van der Waals surface area contributed by atoms with Gasteiger partial charge in [0, 0.05) is 12.2 Å². The smallest absolute Gasteiger partial charge is 0.0340 e. The molecule has 0 aromatic heterocycles. The molecule has 0 heterocycles. The quantitative estimate of drug-likeness (QED) is 0.696. The second-order valence-electron chi connectivity index (χ2n) is 3.81. The van der Waals surface area contributed by atoms with Crippen molar-refractivity contribution in [3.63, 3.8) is 0 Å². The van der Waals surface area contributed by atoms with Crippen LogP contribution in [0.2, 0.25) is 0 Å². The number of unbranched alkanes of at least 4 members (excludes halogenated alkanes) is 1. The summed E-state index contributed by atoms with van der Waals surface area (Å²) in [5, 5.41) is 3.36. The molecule has 0 atom stereocenters. The predicted molar refractivity (Wildman–Crippen MR) is 67.8 cm³/mol. The number of benzene rings is 1. The first kappa shape index (κ1) is 11.8.